The van der Waals surface area contributed by atoms with Crippen molar-refractivity contribution in [1.82, 2.24) is 9.80 Å². The number of hydrogen-bond donors (Lipinski definition) is 0. The van der Waals surface area contributed by atoms with Crippen molar-refractivity contribution in [2.75, 3.05) is 38.1 Å². The Bertz CT molecular complexity index is 729. The lowest BCUT2D eigenvalue weighted by Crippen LogP contribution is -2.54. The molecule has 0 aromatic heterocycles. The average Bonchev–Trinajstić information content (AvgIpc) is 2.67. The van der Waals surface area contributed by atoms with Gasteiger partial charge in [0.1, 0.15) is 0 Å². The van der Waals surface area contributed by atoms with Crippen LogP contribution in [0.4, 0.5) is 5.69 Å². The molecule has 4 nitrogen and oxygen atoms in total. The van der Waals surface area contributed by atoms with Gasteiger partial charge in [0.05, 0.1) is 6.04 Å². The number of benzene rings is 2. The molecule has 2 aromatic carbocycles. The fourth-order valence-corrected chi connectivity index (χ4v) is 3.64. The number of likely N-dealkylation sites (N-methyl/N-ethyl adjacent to an activating group) is 1. The molecule has 1 saturated heterocycles. The molecule has 0 radical (unpaired) electrons. The van der Waals surface area contributed by atoms with Crippen LogP contribution < -0.4 is 4.90 Å². The summed E-state index contributed by atoms with van der Waals surface area (Å²) in [7, 11) is 1.88. The Hall–Kier alpha value is -2.04. The van der Waals surface area contributed by atoms with Gasteiger partial charge < -0.3 is 9.80 Å². The van der Waals surface area contributed by atoms with Crippen molar-refractivity contribution in [3.05, 3.63) is 65.2 Å². The van der Waals surface area contributed by atoms with Gasteiger partial charge in [0.25, 0.3) is 0 Å². The van der Waals surface area contributed by atoms with Gasteiger partial charge in [-0.2, -0.15) is 0 Å². The van der Waals surface area contributed by atoms with Crippen LogP contribution in [-0.4, -0.2) is 55.0 Å². The first-order chi connectivity index (χ1) is 12.5. The van der Waals surface area contributed by atoms with E-state index in [0.29, 0.717) is 6.54 Å². The Kier molecular flexibility index (Phi) is 6.17. The zero-order valence-corrected chi connectivity index (χ0v) is 16.2. The van der Waals surface area contributed by atoms with E-state index in [0.717, 1.165) is 42.5 Å². The van der Waals surface area contributed by atoms with E-state index in [1.54, 1.807) is 0 Å². The van der Waals surface area contributed by atoms with E-state index in [2.05, 4.69) is 28.0 Å². The lowest BCUT2D eigenvalue weighted by atomic mass is 10.1. The summed E-state index contributed by atoms with van der Waals surface area (Å²) in [4.78, 5) is 19.2. The molecule has 3 rings (SSSR count). The molecule has 1 fully saturated rings. The summed E-state index contributed by atoms with van der Waals surface area (Å²) >= 11 is 6.10. The molecule has 1 heterocycles. The van der Waals surface area contributed by atoms with E-state index in [4.69, 9.17) is 11.6 Å². The summed E-state index contributed by atoms with van der Waals surface area (Å²) in [6.45, 7) is 6.21. The van der Waals surface area contributed by atoms with Crippen LogP contribution >= 0.6 is 11.6 Å². The maximum Gasteiger partial charge on any atom is 0.239 e. The first-order valence-corrected chi connectivity index (χ1v) is 9.46. The topological polar surface area (TPSA) is 26.8 Å². The number of carbonyl (C=O) groups is 1. The van der Waals surface area contributed by atoms with Gasteiger partial charge in [-0.3, -0.25) is 9.69 Å². The van der Waals surface area contributed by atoms with E-state index in [1.807, 2.05) is 55.3 Å². The molecule has 0 saturated carbocycles. The van der Waals surface area contributed by atoms with Crippen molar-refractivity contribution in [1.29, 1.82) is 0 Å². The van der Waals surface area contributed by atoms with Crippen LogP contribution in [0.3, 0.4) is 0 Å². The monoisotopic (exact) mass is 371 g/mol. The van der Waals surface area contributed by atoms with Gasteiger partial charge in [0.15, 0.2) is 0 Å². The smallest absolute Gasteiger partial charge is 0.239 e. The fourth-order valence-electron chi connectivity index (χ4n) is 3.45. The molecule has 0 spiro atoms. The summed E-state index contributed by atoms with van der Waals surface area (Å²) in [5.41, 5.74) is 2.30. The number of anilines is 1. The summed E-state index contributed by atoms with van der Waals surface area (Å²) in [5.74, 6) is 0.171. The van der Waals surface area contributed by atoms with Crippen LogP contribution in [0.5, 0.6) is 0 Å². The van der Waals surface area contributed by atoms with E-state index in [1.165, 1.54) is 0 Å². The third kappa shape index (κ3) is 4.57. The number of hydrogen-bond acceptors (Lipinski definition) is 3. The Morgan fingerprint density at radius 3 is 2.42 bits per heavy atom. The van der Waals surface area contributed by atoms with Crippen molar-refractivity contribution in [3.63, 3.8) is 0 Å². The van der Waals surface area contributed by atoms with Crippen molar-refractivity contribution < 1.29 is 4.79 Å². The molecular weight excluding hydrogens is 346 g/mol. The quantitative estimate of drug-likeness (QED) is 0.804. The van der Waals surface area contributed by atoms with Crippen LogP contribution in [0.2, 0.25) is 5.02 Å². The predicted molar refractivity (Wildman–Crippen MR) is 108 cm³/mol. The van der Waals surface area contributed by atoms with Crippen LogP contribution in [-0.2, 0) is 11.3 Å². The van der Waals surface area contributed by atoms with Crippen LogP contribution in [0, 0.1) is 0 Å². The van der Waals surface area contributed by atoms with E-state index in [-0.39, 0.29) is 11.9 Å². The SMILES string of the molecule is C[C@@H](C(=O)N(C)Cc1ccccc1)N1CCN(c2cccc(Cl)c2)CC1. The Labute approximate surface area is 161 Å². The number of piperazine rings is 1. The average molecular weight is 372 g/mol. The molecule has 138 valence electrons. The molecule has 1 atom stereocenters. The summed E-state index contributed by atoms with van der Waals surface area (Å²) in [5, 5.41) is 0.760. The minimum Gasteiger partial charge on any atom is -0.369 e. The minimum absolute atomic E-state index is 0.106. The van der Waals surface area contributed by atoms with Gasteiger partial charge >= 0.3 is 0 Å². The summed E-state index contributed by atoms with van der Waals surface area (Å²) in [6, 6.07) is 18.0. The lowest BCUT2D eigenvalue weighted by molar-refractivity contribution is -0.135. The largest absolute Gasteiger partial charge is 0.369 e. The molecule has 0 N–H and O–H groups in total. The molecule has 1 aliphatic heterocycles. The van der Waals surface area contributed by atoms with Crippen molar-refractivity contribution >= 4 is 23.2 Å². The van der Waals surface area contributed by atoms with E-state index in [9.17, 15) is 4.79 Å². The molecule has 1 amide bonds. The maximum absolute atomic E-state index is 12.8. The Balaban J connectivity index is 1.54. The maximum atomic E-state index is 12.8. The summed E-state index contributed by atoms with van der Waals surface area (Å²) in [6.07, 6.45) is 0. The lowest BCUT2D eigenvalue weighted by Gasteiger charge is -2.39. The molecule has 1 aliphatic rings. The highest BCUT2D eigenvalue weighted by Gasteiger charge is 2.27. The molecule has 0 aliphatic carbocycles. The highest BCUT2D eigenvalue weighted by atomic mass is 35.5. The second-order valence-electron chi connectivity index (χ2n) is 6.86. The zero-order chi connectivity index (χ0) is 18.5. The summed E-state index contributed by atoms with van der Waals surface area (Å²) < 4.78 is 0. The van der Waals surface area contributed by atoms with Crippen LogP contribution in [0.1, 0.15) is 12.5 Å². The van der Waals surface area contributed by atoms with Gasteiger partial charge in [0.2, 0.25) is 5.91 Å². The Morgan fingerprint density at radius 2 is 1.77 bits per heavy atom. The normalized spacial score (nSPS) is 16.3. The van der Waals surface area contributed by atoms with Crippen molar-refractivity contribution in [2.24, 2.45) is 0 Å². The van der Waals surface area contributed by atoms with Gasteiger partial charge in [0, 0.05) is 50.5 Å². The third-order valence-electron chi connectivity index (χ3n) is 5.03. The van der Waals surface area contributed by atoms with Crippen molar-refractivity contribution in [3.8, 4) is 0 Å². The molecule has 0 unspecified atom stereocenters. The van der Waals surface area contributed by atoms with Crippen molar-refractivity contribution in [2.45, 2.75) is 19.5 Å². The second-order valence-corrected chi connectivity index (χ2v) is 7.30. The van der Waals surface area contributed by atoms with Gasteiger partial charge in [-0.25, -0.2) is 0 Å². The highest BCUT2D eigenvalue weighted by Crippen LogP contribution is 2.21. The minimum atomic E-state index is -0.106. The van der Waals surface area contributed by atoms with E-state index >= 15 is 0 Å². The Morgan fingerprint density at radius 1 is 1.08 bits per heavy atom. The first-order valence-electron chi connectivity index (χ1n) is 9.08. The first kappa shape index (κ1) is 18.7. The molecule has 0 bridgehead atoms. The number of rotatable bonds is 5. The number of nitrogens with zero attached hydrogens (tertiary/aromatic N) is 3. The van der Waals surface area contributed by atoms with Gasteiger partial charge in [-0.1, -0.05) is 48.0 Å². The van der Waals surface area contributed by atoms with Crippen LogP contribution in [0.15, 0.2) is 54.6 Å². The standard InChI is InChI=1S/C21H26ClN3O/c1-17(21(26)23(2)16-18-7-4-3-5-8-18)24-11-13-25(14-12-24)20-10-6-9-19(22)15-20/h3-10,15,17H,11-14,16H2,1-2H3/t17-/m0/s1. The zero-order valence-electron chi connectivity index (χ0n) is 15.4. The van der Waals surface area contributed by atoms with E-state index < -0.39 is 0 Å². The van der Waals surface area contributed by atoms with Gasteiger partial charge in [-0.15, -0.1) is 0 Å². The molecule has 26 heavy (non-hydrogen) atoms. The van der Waals surface area contributed by atoms with Crippen LogP contribution in [0.25, 0.3) is 0 Å². The number of halogens is 1. The molecular formula is C21H26ClN3O. The second kappa shape index (κ2) is 8.56. The highest BCUT2D eigenvalue weighted by molar-refractivity contribution is 6.30. The molecule has 5 heteroatoms. The molecule has 2 aromatic rings. The number of carbonyl (C=O) groups excluding carboxylic acids is 1. The van der Waals surface area contributed by atoms with Gasteiger partial charge in [-0.05, 0) is 30.7 Å². The third-order valence-corrected chi connectivity index (χ3v) is 5.27. The predicted octanol–water partition coefficient (Wildman–Crippen LogP) is 3.51. The fraction of sp³-hybridized carbons (Fsp3) is 0.381. The number of amides is 1.